The van der Waals surface area contributed by atoms with E-state index in [1.54, 1.807) is 0 Å². The monoisotopic (exact) mass is 368 g/mol. The molecule has 0 aliphatic carbocycles. The SMILES string of the molecule is CC1(NCC(=O)NCCc2ccc3c(c2)OCCO3)CCS(=O)(=O)C1. The quantitative estimate of drug-likeness (QED) is 0.749. The summed E-state index contributed by atoms with van der Waals surface area (Å²) < 4.78 is 34.1. The summed E-state index contributed by atoms with van der Waals surface area (Å²) >= 11 is 0. The predicted octanol–water partition coefficient (Wildman–Crippen LogP) is 0.283. The Labute approximate surface area is 148 Å². The third-order valence-electron chi connectivity index (χ3n) is 4.52. The lowest BCUT2D eigenvalue weighted by Gasteiger charge is -2.23. The Morgan fingerprint density at radius 2 is 2.00 bits per heavy atom. The van der Waals surface area contributed by atoms with Crippen LogP contribution in [-0.4, -0.2) is 57.7 Å². The van der Waals surface area contributed by atoms with E-state index in [-0.39, 0.29) is 24.0 Å². The molecule has 2 heterocycles. The van der Waals surface area contributed by atoms with Crippen LogP contribution in [0.1, 0.15) is 18.9 Å². The zero-order valence-electron chi connectivity index (χ0n) is 14.3. The van der Waals surface area contributed by atoms with E-state index in [4.69, 9.17) is 9.47 Å². The third kappa shape index (κ3) is 4.85. The molecule has 138 valence electrons. The van der Waals surface area contributed by atoms with Crippen molar-refractivity contribution in [2.75, 3.05) is 37.8 Å². The maximum Gasteiger partial charge on any atom is 0.233 e. The molecule has 8 heteroatoms. The van der Waals surface area contributed by atoms with Crippen LogP contribution < -0.4 is 20.1 Å². The van der Waals surface area contributed by atoms with Gasteiger partial charge < -0.3 is 20.1 Å². The van der Waals surface area contributed by atoms with Crippen LogP contribution in [-0.2, 0) is 21.1 Å². The standard InChI is InChI=1S/C17H24N2O5S/c1-17(5-9-25(21,22)12-17)19-11-16(20)18-6-4-13-2-3-14-15(10-13)24-8-7-23-14/h2-3,10,19H,4-9,11-12H2,1H3,(H,18,20). The first kappa shape index (κ1) is 18.0. The summed E-state index contributed by atoms with van der Waals surface area (Å²) in [5.74, 6) is 1.63. The van der Waals surface area contributed by atoms with E-state index in [0.717, 1.165) is 17.1 Å². The van der Waals surface area contributed by atoms with Crippen molar-refractivity contribution in [1.82, 2.24) is 10.6 Å². The molecule has 1 saturated heterocycles. The second kappa shape index (κ2) is 7.21. The molecule has 0 aromatic heterocycles. The molecule has 0 saturated carbocycles. The predicted molar refractivity (Wildman–Crippen MR) is 93.8 cm³/mol. The van der Waals surface area contributed by atoms with Crippen LogP contribution in [0, 0.1) is 0 Å². The lowest BCUT2D eigenvalue weighted by atomic mass is 10.0. The molecule has 0 bridgehead atoms. The van der Waals surface area contributed by atoms with Crippen molar-refractivity contribution in [2.24, 2.45) is 0 Å². The Bertz CT molecular complexity index is 749. The number of amides is 1. The highest BCUT2D eigenvalue weighted by molar-refractivity contribution is 7.91. The number of hydrogen-bond donors (Lipinski definition) is 2. The molecule has 1 atom stereocenters. The van der Waals surface area contributed by atoms with Crippen molar-refractivity contribution < 1.29 is 22.7 Å². The summed E-state index contributed by atoms with van der Waals surface area (Å²) in [5, 5.41) is 5.93. The van der Waals surface area contributed by atoms with Gasteiger partial charge in [-0.15, -0.1) is 0 Å². The van der Waals surface area contributed by atoms with Gasteiger partial charge in [0.05, 0.1) is 18.1 Å². The summed E-state index contributed by atoms with van der Waals surface area (Å²) in [7, 11) is -2.98. The lowest BCUT2D eigenvalue weighted by Crippen LogP contribution is -2.48. The van der Waals surface area contributed by atoms with Gasteiger partial charge in [0.25, 0.3) is 0 Å². The number of rotatable bonds is 6. The van der Waals surface area contributed by atoms with E-state index >= 15 is 0 Å². The summed E-state index contributed by atoms with van der Waals surface area (Å²) in [6.45, 7) is 3.59. The highest BCUT2D eigenvalue weighted by Crippen LogP contribution is 2.30. The van der Waals surface area contributed by atoms with E-state index in [1.807, 2.05) is 25.1 Å². The Morgan fingerprint density at radius 3 is 2.72 bits per heavy atom. The number of sulfone groups is 1. The zero-order valence-corrected chi connectivity index (χ0v) is 15.2. The van der Waals surface area contributed by atoms with Crippen LogP contribution in [0.15, 0.2) is 18.2 Å². The first-order valence-electron chi connectivity index (χ1n) is 8.46. The van der Waals surface area contributed by atoms with Gasteiger partial charge in [-0.1, -0.05) is 6.07 Å². The van der Waals surface area contributed by atoms with Gasteiger partial charge in [-0.2, -0.15) is 0 Å². The van der Waals surface area contributed by atoms with Crippen molar-refractivity contribution in [3.63, 3.8) is 0 Å². The minimum atomic E-state index is -2.98. The number of fused-ring (bicyclic) bond motifs is 1. The largest absolute Gasteiger partial charge is 0.486 e. The third-order valence-corrected chi connectivity index (χ3v) is 6.42. The fourth-order valence-corrected chi connectivity index (χ4v) is 5.22. The molecule has 1 aromatic carbocycles. The fourth-order valence-electron chi connectivity index (χ4n) is 3.10. The normalized spacial score (nSPS) is 24.0. The number of nitrogens with one attached hydrogen (secondary N) is 2. The van der Waals surface area contributed by atoms with Gasteiger partial charge in [-0.3, -0.25) is 4.79 Å². The molecule has 1 aromatic rings. The van der Waals surface area contributed by atoms with Crippen molar-refractivity contribution in [1.29, 1.82) is 0 Å². The highest BCUT2D eigenvalue weighted by Gasteiger charge is 2.38. The second-order valence-corrected chi connectivity index (χ2v) is 9.02. The van der Waals surface area contributed by atoms with Gasteiger partial charge in [0.2, 0.25) is 5.91 Å². The van der Waals surface area contributed by atoms with Gasteiger partial charge in [-0.05, 0) is 37.5 Å². The van der Waals surface area contributed by atoms with E-state index in [1.165, 1.54) is 0 Å². The Kier molecular flexibility index (Phi) is 5.19. The maximum atomic E-state index is 12.0. The van der Waals surface area contributed by atoms with Gasteiger partial charge >= 0.3 is 0 Å². The average molecular weight is 368 g/mol. The molecule has 7 nitrogen and oxygen atoms in total. The molecule has 25 heavy (non-hydrogen) atoms. The summed E-state index contributed by atoms with van der Waals surface area (Å²) in [5.41, 5.74) is 0.554. The zero-order chi connectivity index (χ0) is 17.9. The summed E-state index contributed by atoms with van der Waals surface area (Å²) in [6, 6.07) is 5.78. The van der Waals surface area contributed by atoms with Gasteiger partial charge in [0, 0.05) is 12.1 Å². The number of hydrogen-bond acceptors (Lipinski definition) is 6. The number of ether oxygens (including phenoxy) is 2. The number of benzene rings is 1. The Hall–Kier alpha value is -1.80. The number of carbonyl (C=O) groups is 1. The van der Waals surface area contributed by atoms with Crippen LogP contribution in [0.2, 0.25) is 0 Å². The van der Waals surface area contributed by atoms with E-state index in [9.17, 15) is 13.2 Å². The average Bonchev–Trinajstić information content (AvgIpc) is 2.87. The van der Waals surface area contributed by atoms with Crippen molar-refractivity contribution >= 4 is 15.7 Å². The van der Waals surface area contributed by atoms with Crippen molar-refractivity contribution in [2.45, 2.75) is 25.3 Å². The lowest BCUT2D eigenvalue weighted by molar-refractivity contribution is -0.120. The van der Waals surface area contributed by atoms with Gasteiger partial charge in [0.1, 0.15) is 13.2 Å². The second-order valence-electron chi connectivity index (χ2n) is 6.83. The summed E-state index contributed by atoms with van der Waals surface area (Å²) in [6.07, 6.45) is 1.23. The van der Waals surface area contributed by atoms with Gasteiger partial charge in [0.15, 0.2) is 21.3 Å². The molecule has 1 unspecified atom stereocenters. The molecule has 3 rings (SSSR count). The highest BCUT2D eigenvalue weighted by atomic mass is 32.2. The Balaban J connectivity index is 1.41. The molecule has 2 aliphatic rings. The molecular formula is C17H24N2O5S. The Morgan fingerprint density at radius 1 is 1.24 bits per heavy atom. The first-order valence-corrected chi connectivity index (χ1v) is 10.3. The van der Waals surface area contributed by atoms with Crippen LogP contribution >= 0.6 is 0 Å². The van der Waals surface area contributed by atoms with E-state index in [2.05, 4.69) is 10.6 Å². The molecule has 2 N–H and O–H groups in total. The molecular weight excluding hydrogens is 344 g/mol. The van der Waals surface area contributed by atoms with Gasteiger partial charge in [-0.25, -0.2) is 8.42 Å². The minimum absolute atomic E-state index is 0.0878. The topological polar surface area (TPSA) is 93.7 Å². The molecule has 0 spiro atoms. The van der Waals surface area contributed by atoms with E-state index in [0.29, 0.717) is 32.6 Å². The van der Waals surface area contributed by atoms with Crippen molar-refractivity contribution in [3.8, 4) is 11.5 Å². The maximum absolute atomic E-state index is 12.0. The minimum Gasteiger partial charge on any atom is -0.486 e. The molecule has 1 fully saturated rings. The van der Waals surface area contributed by atoms with Crippen LogP contribution in [0.3, 0.4) is 0 Å². The van der Waals surface area contributed by atoms with Crippen LogP contribution in [0.5, 0.6) is 11.5 Å². The summed E-state index contributed by atoms with van der Waals surface area (Å²) in [4.78, 5) is 12.0. The fraction of sp³-hybridized carbons (Fsp3) is 0.588. The van der Waals surface area contributed by atoms with E-state index < -0.39 is 15.4 Å². The van der Waals surface area contributed by atoms with Crippen LogP contribution in [0.4, 0.5) is 0 Å². The van der Waals surface area contributed by atoms with Crippen LogP contribution in [0.25, 0.3) is 0 Å². The molecule has 0 radical (unpaired) electrons. The first-order chi connectivity index (χ1) is 11.9. The van der Waals surface area contributed by atoms with Crippen molar-refractivity contribution in [3.05, 3.63) is 23.8 Å². The molecule has 2 aliphatic heterocycles. The molecule has 1 amide bonds. The smallest absolute Gasteiger partial charge is 0.233 e. The number of carbonyl (C=O) groups excluding carboxylic acids is 1.